The summed E-state index contributed by atoms with van der Waals surface area (Å²) in [4.78, 5) is 15.9. The summed E-state index contributed by atoms with van der Waals surface area (Å²) in [5, 5.41) is 6.04. The Kier molecular flexibility index (Phi) is 4.67. The van der Waals surface area contributed by atoms with E-state index in [2.05, 4.69) is 45.5 Å². The zero-order chi connectivity index (χ0) is 19.7. The van der Waals surface area contributed by atoms with E-state index in [1.54, 1.807) is 17.4 Å². The van der Waals surface area contributed by atoms with Gasteiger partial charge in [-0.15, -0.1) is 11.3 Å². The third kappa shape index (κ3) is 3.28. The number of fused-ring (bicyclic) bond motifs is 1. The summed E-state index contributed by atoms with van der Waals surface area (Å²) in [7, 11) is 0. The summed E-state index contributed by atoms with van der Waals surface area (Å²) < 4.78 is 3.09. The smallest absolute Gasteiger partial charge is 0.221 e. The predicted molar refractivity (Wildman–Crippen MR) is 118 cm³/mol. The van der Waals surface area contributed by atoms with Crippen LogP contribution in [0.5, 0.6) is 0 Å². The average Bonchev–Trinajstić information content (AvgIpc) is 3.25. The maximum absolute atomic E-state index is 11.4. The van der Waals surface area contributed by atoms with Crippen molar-refractivity contribution >= 4 is 41.2 Å². The number of hydrogen-bond donors (Lipinski definition) is 1. The van der Waals surface area contributed by atoms with E-state index < -0.39 is 0 Å². The molecular weight excluding hydrogens is 366 g/mol. The van der Waals surface area contributed by atoms with Crippen LogP contribution in [0, 0.1) is 0 Å². The molecule has 1 N–H and O–H groups in total. The highest BCUT2D eigenvalue weighted by Gasteiger charge is 2.10. The van der Waals surface area contributed by atoms with E-state index in [1.807, 2.05) is 42.6 Å². The lowest BCUT2D eigenvalue weighted by molar-refractivity contribution is -0.114. The fourth-order valence-electron chi connectivity index (χ4n) is 3.24. The van der Waals surface area contributed by atoms with E-state index in [0.29, 0.717) is 0 Å². The highest BCUT2D eigenvalue weighted by molar-refractivity contribution is 7.08. The van der Waals surface area contributed by atoms with Crippen molar-refractivity contribution in [3.05, 3.63) is 76.6 Å². The molecule has 3 heterocycles. The number of thiophene rings is 1. The number of carbonyl (C=O) groups excluding carboxylic acids is 1. The molecule has 0 radical (unpaired) electrons. The average molecular weight is 385 g/mol. The quantitative estimate of drug-likeness (QED) is 0.576. The van der Waals surface area contributed by atoms with Gasteiger partial charge in [-0.1, -0.05) is 37.4 Å². The van der Waals surface area contributed by atoms with Gasteiger partial charge in [0, 0.05) is 34.5 Å². The Bertz CT molecular complexity index is 1310. The highest BCUT2D eigenvalue weighted by atomic mass is 32.1. The third-order valence-electron chi connectivity index (χ3n) is 4.49. The molecule has 1 amide bonds. The molecule has 0 saturated carbocycles. The lowest BCUT2D eigenvalue weighted by Gasteiger charge is -2.07. The summed E-state index contributed by atoms with van der Waals surface area (Å²) in [6.07, 6.45) is 7.72. The molecule has 28 heavy (non-hydrogen) atoms. The Hall–Kier alpha value is -3.44. The number of nitrogens with zero attached hydrogens (tertiary/aromatic N) is 2. The number of benzene rings is 1. The molecule has 0 spiro atoms. The molecule has 4 rings (SSSR count). The van der Waals surface area contributed by atoms with Crippen molar-refractivity contribution in [2.45, 2.75) is 6.92 Å². The molecule has 0 bridgehead atoms. The number of pyridine rings is 1. The van der Waals surface area contributed by atoms with Gasteiger partial charge in [0.25, 0.3) is 0 Å². The molecule has 5 heteroatoms. The van der Waals surface area contributed by atoms with Crippen LogP contribution in [-0.2, 0) is 4.79 Å². The maximum Gasteiger partial charge on any atom is 0.221 e. The van der Waals surface area contributed by atoms with Crippen molar-refractivity contribution in [2.24, 2.45) is 0 Å². The second kappa shape index (κ2) is 7.29. The Balaban J connectivity index is 1.86. The van der Waals surface area contributed by atoms with Crippen molar-refractivity contribution in [2.75, 3.05) is 5.32 Å². The number of imidazole rings is 1. The number of hydrogen-bond acceptors (Lipinski definition) is 3. The van der Waals surface area contributed by atoms with E-state index in [1.165, 1.54) is 6.92 Å². The van der Waals surface area contributed by atoms with E-state index in [-0.39, 0.29) is 5.91 Å². The van der Waals surface area contributed by atoms with Crippen molar-refractivity contribution in [1.82, 2.24) is 9.38 Å². The molecule has 1 aromatic carbocycles. The van der Waals surface area contributed by atoms with Gasteiger partial charge in [-0.2, -0.15) is 0 Å². The van der Waals surface area contributed by atoms with Crippen LogP contribution in [0.4, 0.5) is 5.69 Å². The van der Waals surface area contributed by atoms with Crippen LogP contribution in [0.3, 0.4) is 0 Å². The van der Waals surface area contributed by atoms with Crippen LogP contribution in [0.2, 0.25) is 0 Å². The highest BCUT2D eigenvalue weighted by Crippen LogP contribution is 2.26. The van der Waals surface area contributed by atoms with Crippen LogP contribution >= 0.6 is 11.3 Å². The SMILES string of the molecule is C=C/C=c1/c(-c2ccc3ncc(-c4cccc(NC(C)=O)c4)n3c2)csc1=C. The lowest BCUT2D eigenvalue weighted by Crippen LogP contribution is -2.17. The number of anilines is 1. The maximum atomic E-state index is 11.4. The van der Waals surface area contributed by atoms with Gasteiger partial charge in [0.1, 0.15) is 5.65 Å². The standard InChI is InChI=1S/C23H19N3OS/c1-4-6-20-15(2)28-14-21(20)18-9-10-23-24-12-22(26(23)13-18)17-7-5-8-19(11-17)25-16(3)27/h4-14H,1-2H2,3H3,(H,25,27)/b20-6+. The zero-order valence-corrected chi connectivity index (χ0v) is 16.3. The minimum atomic E-state index is -0.0926. The number of amides is 1. The van der Waals surface area contributed by atoms with E-state index in [0.717, 1.165) is 43.5 Å². The number of nitrogens with one attached hydrogen (secondary N) is 1. The number of aromatic nitrogens is 2. The fourth-order valence-corrected chi connectivity index (χ4v) is 4.07. The second-order valence-electron chi connectivity index (χ2n) is 6.44. The molecule has 0 aliphatic heterocycles. The Morgan fingerprint density at radius 3 is 2.89 bits per heavy atom. The fraction of sp³-hybridized carbons (Fsp3) is 0.0435. The van der Waals surface area contributed by atoms with Gasteiger partial charge in [0.05, 0.1) is 11.9 Å². The van der Waals surface area contributed by atoms with E-state index in [4.69, 9.17) is 0 Å². The number of allylic oxidation sites excluding steroid dienone is 1. The van der Waals surface area contributed by atoms with Gasteiger partial charge in [0.15, 0.2) is 0 Å². The molecule has 3 aromatic heterocycles. The zero-order valence-electron chi connectivity index (χ0n) is 15.5. The monoisotopic (exact) mass is 385 g/mol. The van der Waals surface area contributed by atoms with Gasteiger partial charge < -0.3 is 5.32 Å². The third-order valence-corrected chi connectivity index (χ3v) is 5.35. The van der Waals surface area contributed by atoms with Crippen LogP contribution in [0.25, 0.3) is 40.7 Å². The Morgan fingerprint density at radius 2 is 2.11 bits per heavy atom. The summed E-state index contributed by atoms with van der Waals surface area (Å²) in [5.41, 5.74) is 5.79. The van der Waals surface area contributed by atoms with E-state index >= 15 is 0 Å². The number of carbonyl (C=O) groups is 1. The van der Waals surface area contributed by atoms with Crippen LogP contribution in [-0.4, -0.2) is 15.3 Å². The van der Waals surface area contributed by atoms with Gasteiger partial charge >= 0.3 is 0 Å². The topological polar surface area (TPSA) is 46.4 Å². The van der Waals surface area contributed by atoms with E-state index in [9.17, 15) is 4.79 Å². The minimum Gasteiger partial charge on any atom is -0.326 e. The van der Waals surface area contributed by atoms with Crippen molar-refractivity contribution in [3.8, 4) is 22.4 Å². The first kappa shape index (κ1) is 17.9. The molecule has 4 aromatic rings. The largest absolute Gasteiger partial charge is 0.326 e. The lowest BCUT2D eigenvalue weighted by atomic mass is 10.1. The first-order chi connectivity index (χ1) is 13.6. The van der Waals surface area contributed by atoms with Crippen LogP contribution in [0.1, 0.15) is 6.92 Å². The molecule has 138 valence electrons. The summed E-state index contributed by atoms with van der Waals surface area (Å²) in [5.74, 6) is -0.0926. The van der Waals surface area contributed by atoms with Crippen molar-refractivity contribution < 1.29 is 4.79 Å². The van der Waals surface area contributed by atoms with Crippen molar-refractivity contribution in [1.29, 1.82) is 0 Å². The first-order valence-electron chi connectivity index (χ1n) is 8.81. The molecule has 0 fully saturated rings. The summed E-state index contributed by atoms with van der Waals surface area (Å²) in [6, 6.07) is 11.8. The Labute approximate surface area is 166 Å². The Morgan fingerprint density at radius 1 is 1.25 bits per heavy atom. The second-order valence-corrected chi connectivity index (χ2v) is 7.40. The first-order valence-corrected chi connectivity index (χ1v) is 9.69. The van der Waals surface area contributed by atoms with Crippen LogP contribution in [0.15, 0.2) is 66.8 Å². The number of rotatable bonds is 4. The van der Waals surface area contributed by atoms with Gasteiger partial charge in [-0.25, -0.2) is 4.98 Å². The minimum absolute atomic E-state index is 0.0926. The summed E-state index contributed by atoms with van der Waals surface area (Å²) >= 11 is 1.63. The van der Waals surface area contributed by atoms with Gasteiger partial charge in [0.2, 0.25) is 5.91 Å². The van der Waals surface area contributed by atoms with Crippen LogP contribution < -0.4 is 15.1 Å². The van der Waals surface area contributed by atoms with Gasteiger partial charge in [-0.3, -0.25) is 9.20 Å². The summed E-state index contributed by atoms with van der Waals surface area (Å²) in [6.45, 7) is 9.44. The van der Waals surface area contributed by atoms with Gasteiger partial charge in [-0.05, 0) is 40.4 Å². The molecule has 0 saturated heterocycles. The van der Waals surface area contributed by atoms with Crippen molar-refractivity contribution in [3.63, 3.8) is 0 Å². The predicted octanol–water partition coefficient (Wildman–Crippen LogP) is 4.07. The molecule has 0 atom stereocenters. The molecule has 0 aliphatic carbocycles. The normalized spacial score (nSPS) is 11.7. The molecule has 4 nitrogen and oxygen atoms in total. The molecule has 0 aliphatic rings. The molecule has 0 unspecified atom stereocenters. The molecular formula is C23H19N3OS.